The molecule has 1 aromatic carbocycles. The van der Waals surface area contributed by atoms with Crippen molar-refractivity contribution in [3.8, 4) is 0 Å². The third-order valence-electron chi connectivity index (χ3n) is 3.41. The second kappa shape index (κ2) is 7.23. The highest BCUT2D eigenvalue weighted by Gasteiger charge is 2.14. The quantitative estimate of drug-likeness (QED) is 0.493. The van der Waals surface area contributed by atoms with Crippen LogP contribution in [0.15, 0.2) is 40.9 Å². The number of aromatic nitrogens is 3. The van der Waals surface area contributed by atoms with Crippen LogP contribution in [0.2, 0.25) is 0 Å². The zero-order valence-corrected chi connectivity index (χ0v) is 14.3. The lowest BCUT2D eigenvalue weighted by atomic mass is 10.1. The molecule has 0 atom stereocenters. The molecule has 0 radical (unpaired) electrons. The van der Waals surface area contributed by atoms with Crippen LogP contribution in [0.1, 0.15) is 21.1 Å². The first kappa shape index (κ1) is 16.8. The van der Waals surface area contributed by atoms with E-state index in [1.165, 1.54) is 22.7 Å². The molecule has 0 aliphatic carbocycles. The largest absolute Gasteiger partial charge is 0.309 e. The summed E-state index contributed by atoms with van der Waals surface area (Å²) in [5.74, 6) is -1.40. The van der Waals surface area contributed by atoms with Crippen molar-refractivity contribution in [2.45, 2.75) is 11.6 Å². The fourth-order valence-corrected chi connectivity index (χ4v) is 3.60. The monoisotopic (exact) mass is 365 g/mol. The summed E-state index contributed by atoms with van der Waals surface area (Å²) in [5.41, 5.74) is 0.141. The zero-order valence-electron chi connectivity index (χ0n) is 12.7. The van der Waals surface area contributed by atoms with E-state index in [9.17, 15) is 13.6 Å². The maximum Gasteiger partial charge on any atom is 0.191 e. The Bertz CT molecular complexity index is 862. The van der Waals surface area contributed by atoms with Gasteiger partial charge >= 0.3 is 0 Å². The first-order valence-corrected chi connectivity index (χ1v) is 8.93. The summed E-state index contributed by atoms with van der Waals surface area (Å²) in [6, 6.07) is 7.15. The molecular formula is C16H13F2N3OS2. The minimum Gasteiger partial charge on any atom is -0.309 e. The molecule has 0 amide bonds. The summed E-state index contributed by atoms with van der Waals surface area (Å²) in [6.07, 6.45) is 0.679. The highest BCUT2D eigenvalue weighted by Crippen LogP contribution is 2.20. The van der Waals surface area contributed by atoms with Crippen LogP contribution in [0.25, 0.3) is 0 Å². The number of ketones is 1. The molecule has 3 rings (SSSR count). The Labute approximate surface area is 145 Å². The van der Waals surface area contributed by atoms with Crippen molar-refractivity contribution in [3.63, 3.8) is 0 Å². The van der Waals surface area contributed by atoms with E-state index in [0.717, 1.165) is 18.0 Å². The van der Waals surface area contributed by atoms with Gasteiger partial charge in [-0.15, -0.1) is 21.5 Å². The number of nitrogens with zero attached hydrogens (tertiary/aromatic N) is 3. The minimum atomic E-state index is -1.03. The first-order chi connectivity index (χ1) is 11.5. The van der Waals surface area contributed by atoms with Gasteiger partial charge in [0.05, 0.1) is 5.75 Å². The molecule has 4 nitrogen and oxygen atoms in total. The number of thioether (sulfide) groups is 1. The standard InChI is InChI=1S/C16H13F2N3OS2/c1-21-15(8-11-3-2-6-23-11)19-20-16(21)24-9-14(22)10-4-5-12(17)13(18)7-10/h2-7H,8-9H2,1H3. The Balaban J connectivity index is 1.65. The highest BCUT2D eigenvalue weighted by atomic mass is 32.2. The van der Waals surface area contributed by atoms with Crippen molar-refractivity contribution in [2.24, 2.45) is 7.05 Å². The Morgan fingerprint density at radius 1 is 1.25 bits per heavy atom. The number of halogens is 2. The van der Waals surface area contributed by atoms with Gasteiger partial charge in [-0.2, -0.15) is 0 Å². The number of rotatable bonds is 6. The molecule has 24 heavy (non-hydrogen) atoms. The maximum atomic E-state index is 13.2. The van der Waals surface area contributed by atoms with Crippen molar-refractivity contribution in [1.82, 2.24) is 14.8 Å². The van der Waals surface area contributed by atoms with E-state index in [1.807, 2.05) is 29.1 Å². The van der Waals surface area contributed by atoms with Crippen LogP contribution in [-0.4, -0.2) is 26.3 Å². The van der Waals surface area contributed by atoms with Crippen LogP contribution in [0.4, 0.5) is 8.78 Å². The molecule has 3 aromatic rings. The number of hydrogen-bond donors (Lipinski definition) is 0. The lowest BCUT2D eigenvalue weighted by Crippen LogP contribution is -2.05. The van der Waals surface area contributed by atoms with Gasteiger partial charge in [0.2, 0.25) is 0 Å². The number of hydrogen-bond acceptors (Lipinski definition) is 5. The molecule has 2 heterocycles. The van der Waals surface area contributed by atoms with Crippen LogP contribution in [0.5, 0.6) is 0 Å². The highest BCUT2D eigenvalue weighted by molar-refractivity contribution is 7.99. The van der Waals surface area contributed by atoms with Gasteiger partial charge in [-0.1, -0.05) is 17.8 Å². The minimum absolute atomic E-state index is 0.0794. The fraction of sp³-hybridized carbons (Fsp3) is 0.188. The Morgan fingerprint density at radius 3 is 2.79 bits per heavy atom. The Morgan fingerprint density at radius 2 is 2.08 bits per heavy atom. The summed E-state index contributed by atoms with van der Waals surface area (Å²) >= 11 is 2.87. The van der Waals surface area contributed by atoms with Gasteiger partial charge in [-0.3, -0.25) is 4.79 Å². The third kappa shape index (κ3) is 3.70. The predicted molar refractivity (Wildman–Crippen MR) is 89.5 cm³/mol. The molecule has 0 unspecified atom stereocenters. The molecule has 124 valence electrons. The summed E-state index contributed by atoms with van der Waals surface area (Å²) in [5, 5.41) is 10.8. The second-order valence-corrected chi connectivity index (χ2v) is 7.03. The predicted octanol–water partition coefficient (Wildman–Crippen LogP) is 3.72. The molecule has 0 aliphatic rings. The zero-order chi connectivity index (χ0) is 17.1. The average molecular weight is 365 g/mol. The Kier molecular flexibility index (Phi) is 5.06. The third-order valence-corrected chi connectivity index (χ3v) is 5.31. The molecule has 8 heteroatoms. The van der Waals surface area contributed by atoms with Crippen molar-refractivity contribution in [1.29, 1.82) is 0 Å². The molecule has 0 spiro atoms. The molecule has 0 fully saturated rings. The lowest BCUT2D eigenvalue weighted by Gasteiger charge is -2.03. The molecule has 0 saturated carbocycles. The molecule has 0 bridgehead atoms. The molecular weight excluding hydrogens is 352 g/mol. The molecule has 0 saturated heterocycles. The van der Waals surface area contributed by atoms with E-state index in [0.29, 0.717) is 11.6 Å². The van der Waals surface area contributed by atoms with Gasteiger partial charge in [-0.05, 0) is 29.6 Å². The van der Waals surface area contributed by atoms with Gasteiger partial charge in [0.1, 0.15) is 5.82 Å². The topological polar surface area (TPSA) is 47.8 Å². The maximum absolute atomic E-state index is 13.2. The number of Topliss-reactive ketones (excluding diaryl/α,β-unsaturated/α-hetero) is 1. The van der Waals surface area contributed by atoms with E-state index in [2.05, 4.69) is 10.2 Å². The number of benzene rings is 1. The summed E-state index contributed by atoms with van der Waals surface area (Å²) in [7, 11) is 1.84. The average Bonchev–Trinajstić information content (AvgIpc) is 3.19. The van der Waals surface area contributed by atoms with E-state index in [1.54, 1.807) is 11.3 Å². The smallest absolute Gasteiger partial charge is 0.191 e. The van der Waals surface area contributed by atoms with Gasteiger partial charge < -0.3 is 4.57 Å². The summed E-state index contributed by atoms with van der Waals surface area (Å²) < 4.78 is 27.9. The number of carbonyl (C=O) groups excluding carboxylic acids is 1. The normalized spacial score (nSPS) is 11.0. The molecule has 2 aromatic heterocycles. The SMILES string of the molecule is Cn1c(Cc2cccs2)nnc1SCC(=O)c1ccc(F)c(F)c1. The van der Waals surface area contributed by atoms with Crippen molar-refractivity contribution >= 4 is 28.9 Å². The number of thiophene rings is 1. The van der Waals surface area contributed by atoms with E-state index in [4.69, 9.17) is 0 Å². The second-order valence-electron chi connectivity index (χ2n) is 5.05. The van der Waals surface area contributed by atoms with Gasteiger partial charge in [0.15, 0.2) is 22.6 Å². The van der Waals surface area contributed by atoms with Crippen LogP contribution < -0.4 is 0 Å². The summed E-state index contributed by atoms with van der Waals surface area (Å²) in [6.45, 7) is 0. The van der Waals surface area contributed by atoms with Gasteiger partial charge in [0.25, 0.3) is 0 Å². The van der Waals surface area contributed by atoms with E-state index < -0.39 is 11.6 Å². The van der Waals surface area contributed by atoms with Crippen LogP contribution >= 0.6 is 23.1 Å². The van der Waals surface area contributed by atoms with E-state index in [-0.39, 0.29) is 17.1 Å². The van der Waals surface area contributed by atoms with Crippen molar-refractivity contribution in [2.75, 3.05) is 5.75 Å². The lowest BCUT2D eigenvalue weighted by molar-refractivity contribution is 0.102. The van der Waals surface area contributed by atoms with Crippen molar-refractivity contribution < 1.29 is 13.6 Å². The van der Waals surface area contributed by atoms with Gasteiger partial charge in [0, 0.05) is 23.9 Å². The first-order valence-electron chi connectivity index (χ1n) is 7.06. The van der Waals surface area contributed by atoms with Gasteiger partial charge in [-0.25, -0.2) is 8.78 Å². The summed E-state index contributed by atoms with van der Waals surface area (Å²) in [4.78, 5) is 13.3. The van der Waals surface area contributed by atoms with Crippen LogP contribution in [-0.2, 0) is 13.5 Å². The van der Waals surface area contributed by atoms with Crippen molar-refractivity contribution in [3.05, 3.63) is 63.6 Å². The molecule has 0 aliphatic heterocycles. The number of carbonyl (C=O) groups is 1. The van der Waals surface area contributed by atoms with E-state index >= 15 is 0 Å². The fourth-order valence-electron chi connectivity index (χ4n) is 2.08. The van der Waals surface area contributed by atoms with Crippen LogP contribution in [0.3, 0.4) is 0 Å². The Hall–Kier alpha value is -2.06. The molecule has 0 N–H and O–H groups in total. The van der Waals surface area contributed by atoms with Crippen LogP contribution in [0, 0.1) is 11.6 Å².